The van der Waals surface area contributed by atoms with Gasteiger partial charge >= 0.3 is 18.9 Å². The molecule has 0 radical (unpaired) electrons. The van der Waals surface area contributed by atoms with E-state index in [1.807, 2.05) is 0 Å². The number of pyridine rings is 2. The number of aliphatic imine (C=N–C) groups is 1. The van der Waals surface area contributed by atoms with Gasteiger partial charge in [-0.1, -0.05) is 0 Å². The van der Waals surface area contributed by atoms with Gasteiger partial charge in [0, 0.05) is 5.56 Å². The predicted octanol–water partition coefficient (Wildman–Crippen LogP) is 4.06. The maximum absolute atomic E-state index is 14.5. The molecule has 0 saturated heterocycles. The van der Waals surface area contributed by atoms with Gasteiger partial charge in [-0.3, -0.25) is 10.3 Å². The number of aryl methyl sites for hydroxylation is 1. The van der Waals surface area contributed by atoms with Crippen molar-refractivity contribution in [2.75, 3.05) is 11.9 Å². The summed E-state index contributed by atoms with van der Waals surface area (Å²) in [5, 5.41) is 2.21. The molecular formula is C20H19F6N5O4. The van der Waals surface area contributed by atoms with Gasteiger partial charge in [-0.15, -0.1) is 0 Å². The molecule has 3 N–H and O–H groups in total. The van der Waals surface area contributed by atoms with Gasteiger partial charge in [0.05, 0.1) is 12.8 Å². The van der Waals surface area contributed by atoms with Crippen molar-refractivity contribution in [1.82, 2.24) is 9.97 Å². The Balaban J connectivity index is 1.80. The second kappa shape index (κ2) is 9.20. The molecule has 1 aliphatic heterocycles. The summed E-state index contributed by atoms with van der Waals surface area (Å²) in [4.78, 5) is 23.7. The zero-order chi connectivity index (χ0) is 26.2. The average Bonchev–Trinajstić information content (AvgIpc) is 2.73. The number of carbonyl (C=O) groups is 1. The van der Waals surface area contributed by atoms with Crippen LogP contribution in [0.3, 0.4) is 0 Å². The van der Waals surface area contributed by atoms with Crippen LogP contribution in [-0.4, -0.2) is 46.9 Å². The summed E-state index contributed by atoms with van der Waals surface area (Å²) in [5.74, 6) is -2.57. The summed E-state index contributed by atoms with van der Waals surface area (Å²) >= 11 is 0. The highest BCUT2D eigenvalue weighted by atomic mass is 19.4. The number of carbonyl (C=O) groups excluding carboxylic acids is 1. The third-order valence-corrected chi connectivity index (χ3v) is 5.04. The molecule has 2 aromatic heterocycles. The molecule has 9 nitrogen and oxygen atoms in total. The summed E-state index contributed by atoms with van der Waals surface area (Å²) in [6, 6.07) is 3.14. The van der Waals surface area contributed by atoms with E-state index in [9.17, 15) is 31.1 Å². The van der Waals surface area contributed by atoms with Gasteiger partial charge in [-0.25, -0.2) is 19.2 Å². The van der Waals surface area contributed by atoms with Crippen molar-refractivity contribution in [1.29, 1.82) is 0 Å². The molecule has 0 saturated carbocycles. The minimum Gasteiger partial charge on any atom is -0.433 e. The molecule has 0 aromatic carbocycles. The summed E-state index contributed by atoms with van der Waals surface area (Å²) in [6.45, 7) is -0.394. The summed E-state index contributed by atoms with van der Waals surface area (Å²) in [7, 11) is 0. The number of aromatic nitrogens is 2. The number of alkyl halides is 5. The standard InChI is InChI=1S/C20H19F6N5O4/c1-9-6-10(34-16(22)23)7-28-14(9)35-17(32)30-12-5-4-11(21)13(29-12)18(2)8-33-19(3,15(27)31-18)20(24,25)26/h4-7,16H,8H2,1-3H3,(H2,27,31)(H,29,30,32). The first kappa shape index (κ1) is 26.0. The molecule has 0 aliphatic carbocycles. The zero-order valence-corrected chi connectivity index (χ0v) is 18.4. The third kappa shape index (κ3) is 5.39. The Bertz CT molecular complexity index is 1160. The summed E-state index contributed by atoms with van der Waals surface area (Å²) in [5.41, 5.74) is 0.682. The van der Waals surface area contributed by atoms with E-state index in [0.717, 1.165) is 24.4 Å². The van der Waals surface area contributed by atoms with Crippen LogP contribution in [0, 0.1) is 12.7 Å². The van der Waals surface area contributed by atoms with Gasteiger partial charge in [-0.2, -0.15) is 22.0 Å². The lowest BCUT2D eigenvalue weighted by Crippen LogP contribution is -2.60. The first-order chi connectivity index (χ1) is 16.1. The smallest absolute Gasteiger partial charge is 0.424 e. The second-order valence-electron chi connectivity index (χ2n) is 7.80. The summed E-state index contributed by atoms with van der Waals surface area (Å²) < 4.78 is 93.2. The van der Waals surface area contributed by atoms with Crippen LogP contribution in [0.1, 0.15) is 25.1 Å². The molecule has 3 rings (SSSR count). The minimum atomic E-state index is -4.86. The number of nitrogens with one attached hydrogen (secondary N) is 1. The highest BCUT2D eigenvalue weighted by Gasteiger charge is 2.59. The van der Waals surface area contributed by atoms with E-state index in [2.05, 4.69) is 25.0 Å². The molecule has 0 bridgehead atoms. The Morgan fingerprint density at radius 1 is 1.29 bits per heavy atom. The van der Waals surface area contributed by atoms with Gasteiger partial charge in [0.1, 0.15) is 34.5 Å². The predicted molar refractivity (Wildman–Crippen MR) is 109 cm³/mol. The quantitative estimate of drug-likeness (QED) is 0.586. The molecule has 190 valence electrons. The van der Waals surface area contributed by atoms with Crippen LogP contribution in [-0.2, 0) is 10.3 Å². The van der Waals surface area contributed by atoms with Crippen molar-refractivity contribution >= 4 is 17.7 Å². The number of anilines is 1. The van der Waals surface area contributed by atoms with Gasteiger partial charge in [0.25, 0.3) is 0 Å². The number of hydrogen-bond donors (Lipinski definition) is 2. The fourth-order valence-electron chi connectivity index (χ4n) is 3.03. The number of amides is 1. The van der Waals surface area contributed by atoms with Gasteiger partial charge in [0.15, 0.2) is 0 Å². The van der Waals surface area contributed by atoms with E-state index in [4.69, 9.17) is 15.2 Å². The Labute approximate surface area is 194 Å². The van der Waals surface area contributed by atoms with Crippen molar-refractivity contribution in [3.63, 3.8) is 0 Å². The van der Waals surface area contributed by atoms with Crippen molar-refractivity contribution in [3.05, 3.63) is 41.5 Å². The lowest BCUT2D eigenvalue weighted by molar-refractivity contribution is -0.249. The first-order valence-electron chi connectivity index (χ1n) is 9.78. The second-order valence-corrected chi connectivity index (χ2v) is 7.80. The fraction of sp³-hybridized carbons (Fsp3) is 0.400. The van der Waals surface area contributed by atoms with Crippen LogP contribution in [0.2, 0.25) is 0 Å². The minimum absolute atomic E-state index is 0.190. The van der Waals surface area contributed by atoms with E-state index < -0.39 is 54.0 Å². The molecule has 2 atom stereocenters. The maximum Gasteiger partial charge on any atom is 0.424 e. The van der Waals surface area contributed by atoms with Crippen LogP contribution in [0.25, 0.3) is 0 Å². The number of halogens is 6. The van der Waals surface area contributed by atoms with Gasteiger partial charge < -0.3 is 19.9 Å². The average molecular weight is 507 g/mol. The SMILES string of the molecule is Cc1cc(OC(F)F)cnc1OC(=O)Nc1ccc(F)c(C2(C)COC(C)(C(F)(F)F)C(N)=N2)n1. The van der Waals surface area contributed by atoms with E-state index in [-0.39, 0.29) is 23.0 Å². The molecule has 2 aromatic rings. The van der Waals surface area contributed by atoms with Crippen LogP contribution in [0.15, 0.2) is 29.4 Å². The van der Waals surface area contributed by atoms with Crippen LogP contribution in [0.4, 0.5) is 37.0 Å². The van der Waals surface area contributed by atoms with Crippen LogP contribution < -0.4 is 20.5 Å². The summed E-state index contributed by atoms with van der Waals surface area (Å²) in [6.07, 6.45) is -5.07. The molecule has 1 aliphatic rings. The van der Waals surface area contributed by atoms with Gasteiger partial charge in [-0.05, 0) is 39.0 Å². The monoisotopic (exact) mass is 507 g/mol. The molecule has 0 fully saturated rings. The number of ether oxygens (including phenoxy) is 3. The van der Waals surface area contributed by atoms with E-state index in [0.29, 0.717) is 6.92 Å². The molecule has 15 heteroatoms. The Kier molecular flexibility index (Phi) is 6.83. The topological polar surface area (TPSA) is 121 Å². The van der Waals surface area contributed by atoms with Crippen LogP contribution in [0.5, 0.6) is 11.6 Å². The highest BCUT2D eigenvalue weighted by molar-refractivity contribution is 5.90. The number of rotatable bonds is 5. The molecule has 1 amide bonds. The van der Waals surface area contributed by atoms with Crippen molar-refractivity contribution in [2.24, 2.45) is 10.7 Å². The molecule has 3 heterocycles. The fourth-order valence-corrected chi connectivity index (χ4v) is 3.03. The Morgan fingerprint density at radius 3 is 2.54 bits per heavy atom. The van der Waals surface area contributed by atoms with E-state index in [1.54, 1.807) is 0 Å². The van der Waals surface area contributed by atoms with Crippen molar-refractivity contribution in [3.8, 4) is 11.6 Å². The van der Waals surface area contributed by atoms with Gasteiger partial charge in [0.2, 0.25) is 11.5 Å². The Morgan fingerprint density at radius 2 is 1.97 bits per heavy atom. The number of nitrogens with two attached hydrogens (primary N) is 1. The lowest BCUT2D eigenvalue weighted by atomic mass is 9.93. The first-order valence-corrected chi connectivity index (χ1v) is 9.78. The normalized spacial score (nSPS) is 22.5. The number of nitrogens with zero attached hydrogens (tertiary/aromatic N) is 3. The molecular weight excluding hydrogens is 488 g/mol. The lowest BCUT2D eigenvalue weighted by Gasteiger charge is -2.40. The zero-order valence-electron chi connectivity index (χ0n) is 18.4. The Hall–Kier alpha value is -3.62. The largest absolute Gasteiger partial charge is 0.433 e. The number of hydrogen-bond acceptors (Lipinski definition) is 8. The van der Waals surface area contributed by atoms with E-state index >= 15 is 0 Å². The molecule has 35 heavy (non-hydrogen) atoms. The highest BCUT2D eigenvalue weighted by Crippen LogP contribution is 2.41. The van der Waals surface area contributed by atoms with Crippen molar-refractivity contribution < 1.29 is 45.3 Å². The third-order valence-electron chi connectivity index (χ3n) is 5.04. The van der Waals surface area contributed by atoms with Crippen molar-refractivity contribution in [2.45, 2.75) is 44.7 Å². The van der Waals surface area contributed by atoms with Crippen LogP contribution >= 0.6 is 0 Å². The number of amidine groups is 1. The maximum atomic E-state index is 14.5. The molecule has 0 spiro atoms. The van der Waals surface area contributed by atoms with E-state index in [1.165, 1.54) is 13.8 Å². The molecule has 2 unspecified atom stereocenters.